The molecule has 0 aliphatic heterocycles. The summed E-state index contributed by atoms with van der Waals surface area (Å²) in [5.74, 6) is 0. The van der Waals surface area contributed by atoms with Crippen LogP contribution in [0, 0.1) is 10.8 Å². The first kappa shape index (κ1) is 17.5. The van der Waals surface area contributed by atoms with E-state index in [4.69, 9.17) is 4.52 Å². The number of phosphoric ester groups is 1. The Morgan fingerprint density at radius 1 is 0.952 bits per heavy atom. The zero-order valence-corrected chi connectivity index (χ0v) is 14.6. The molecule has 124 valence electrons. The van der Waals surface area contributed by atoms with E-state index in [1.807, 2.05) is 6.92 Å². The minimum absolute atomic E-state index is 0.101. The third kappa shape index (κ3) is 2.85. The standard InChI is InChI=1S/C16H31O4P/c1-4-15(11-7-6-8-12-15)16(5-2)13-9-10-14(16,3)20-21(17,18)19/h4-13H2,1-3H3,(H2,17,18,19). The lowest BCUT2D eigenvalue weighted by Crippen LogP contribution is -2.54. The molecule has 4 nitrogen and oxygen atoms in total. The van der Waals surface area contributed by atoms with Crippen molar-refractivity contribution < 1.29 is 18.9 Å². The average Bonchev–Trinajstić information content (AvgIpc) is 2.75. The molecule has 0 radical (unpaired) electrons. The van der Waals surface area contributed by atoms with Gasteiger partial charge in [-0.25, -0.2) is 4.57 Å². The van der Waals surface area contributed by atoms with Gasteiger partial charge in [-0.3, -0.25) is 4.52 Å². The van der Waals surface area contributed by atoms with Gasteiger partial charge in [-0.15, -0.1) is 0 Å². The Kier molecular flexibility index (Phi) is 4.95. The average molecular weight is 318 g/mol. The molecule has 21 heavy (non-hydrogen) atoms. The summed E-state index contributed by atoms with van der Waals surface area (Å²) in [6.45, 7) is 6.38. The van der Waals surface area contributed by atoms with E-state index in [0.717, 1.165) is 32.1 Å². The minimum atomic E-state index is -4.46. The van der Waals surface area contributed by atoms with Crippen LogP contribution >= 0.6 is 7.82 Å². The van der Waals surface area contributed by atoms with Crippen molar-refractivity contribution in [2.45, 2.75) is 90.6 Å². The van der Waals surface area contributed by atoms with Crippen LogP contribution in [0.5, 0.6) is 0 Å². The van der Waals surface area contributed by atoms with Crippen molar-refractivity contribution in [3.63, 3.8) is 0 Å². The SMILES string of the molecule is CCC1(C2(CC)CCCC2(C)OP(=O)(O)O)CCCCC1. The first-order valence-electron chi connectivity index (χ1n) is 8.50. The van der Waals surface area contributed by atoms with Gasteiger partial charge in [0.05, 0.1) is 5.60 Å². The molecule has 2 aliphatic carbocycles. The second-order valence-corrected chi connectivity index (χ2v) is 8.46. The van der Waals surface area contributed by atoms with Crippen LogP contribution in [0.4, 0.5) is 0 Å². The van der Waals surface area contributed by atoms with Crippen LogP contribution in [-0.4, -0.2) is 15.4 Å². The molecule has 0 heterocycles. The maximum Gasteiger partial charge on any atom is 0.470 e. The summed E-state index contributed by atoms with van der Waals surface area (Å²) in [6, 6.07) is 0. The van der Waals surface area contributed by atoms with Crippen LogP contribution in [0.1, 0.15) is 85.0 Å². The molecule has 2 unspecified atom stereocenters. The molecule has 2 fully saturated rings. The topological polar surface area (TPSA) is 66.8 Å². The Morgan fingerprint density at radius 3 is 2.05 bits per heavy atom. The predicted octanol–water partition coefficient (Wildman–Crippen LogP) is 4.80. The van der Waals surface area contributed by atoms with Gasteiger partial charge in [0.25, 0.3) is 0 Å². The summed E-state index contributed by atoms with van der Waals surface area (Å²) in [5, 5.41) is 0. The summed E-state index contributed by atoms with van der Waals surface area (Å²) in [5.41, 5.74) is -0.620. The van der Waals surface area contributed by atoms with E-state index in [-0.39, 0.29) is 10.8 Å². The van der Waals surface area contributed by atoms with Crippen molar-refractivity contribution in [1.82, 2.24) is 0 Å². The fraction of sp³-hybridized carbons (Fsp3) is 1.00. The molecule has 2 aliphatic rings. The van der Waals surface area contributed by atoms with Gasteiger partial charge in [-0.2, -0.15) is 0 Å². The first-order chi connectivity index (χ1) is 9.74. The Morgan fingerprint density at radius 2 is 1.57 bits per heavy atom. The number of hydrogen-bond acceptors (Lipinski definition) is 2. The van der Waals surface area contributed by atoms with E-state index >= 15 is 0 Å². The highest BCUT2D eigenvalue weighted by molar-refractivity contribution is 7.46. The third-order valence-electron chi connectivity index (χ3n) is 6.70. The van der Waals surface area contributed by atoms with Gasteiger partial charge >= 0.3 is 7.82 Å². The molecule has 0 aromatic rings. The normalized spacial score (nSPS) is 36.8. The van der Waals surface area contributed by atoms with Crippen LogP contribution in [0.15, 0.2) is 0 Å². The summed E-state index contributed by atoms with van der Waals surface area (Å²) in [4.78, 5) is 18.8. The smallest absolute Gasteiger partial charge is 0.303 e. The molecule has 0 bridgehead atoms. The first-order valence-corrected chi connectivity index (χ1v) is 10.0. The number of phosphoric acid groups is 1. The molecule has 0 amide bonds. The lowest BCUT2D eigenvalue weighted by molar-refractivity contribution is -0.136. The van der Waals surface area contributed by atoms with E-state index in [1.165, 1.54) is 32.1 Å². The van der Waals surface area contributed by atoms with Crippen LogP contribution in [0.25, 0.3) is 0 Å². The van der Waals surface area contributed by atoms with Crippen LogP contribution in [0.2, 0.25) is 0 Å². The second kappa shape index (κ2) is 5.96. The van der Waals surface area contributed by atoms with Crippen LogP contribution in [-0.2, 0) is 9.09 Å². The van der Waals surface area contributed by atoms with Crippen LogP contribution < -0.4 is 0 Å². The van der Waals surface area contributed by atoms with Gasteiger partial charge < -0.3 is 9.79 Å². The molecule has 2 rings (SSSR count). The van der Waals surface area contributed by atoms with Gasteiger partial charge in [0.2, 0.25) is 0 Å². The highest BCUT2D eigenvalue weighted by Gasteiger charge is 2.63. The van der Waals surface area contributed by atoms with Crippen molar-refractivity contribution >= 4 is 7.82 Å². The fourth-order valence-electron chi connectivity index (χ4n) is 5.78. The van der Waals surface area contributed by atoms with Gasteiger partial charge in [0, 0.05) is 5.41 Å². The molecular formula is C16H31O4P. The van der Waals surface area contributed by atoms with E-state index in [0.29, 0.717) is 0 Å². The Labute approximate surface area is 128 Å². The van der Waals surface area contributed by atoms with Gasteiger partial charge in [-0.1, -0.05) is 33.1 Å². The molecular weight excluding hydrogens is 287 g/mol. The third-order valence-corrected chi connectivity index (χ3v) is 7.34. The molecule has 0 aromatic heterocycles. The van der Waals surface area contributed by atoms with Gasteiger partial charge in [-0.05, 0) is 57.3 Å². The van der Waals surface area contributed by atoms with E-state index in [1.54, 1.807) is 0 Å². The zero-order chi connectivity index (χ0) is 15.8. The van der Waals surface area contributed by atoms with E-state index < -0.39 is 13.4 Å². The number of rotatable bonds is 5. The molecule has 2 N–H and O–H groups in total. The molecule has 2 saturated carbocycles. The summed E-state index contributed by atoms with van der Waals surface area (Å²) < 4.78 is 17.0. The Bertz CT molecular complexity index is 413. The molecule has 5 heteroatoms. The van der Waals surface area contributed by atoms with Crippen molar-refractivity contribution in [2.75, 3.05) is 0 Å². The van der Waals surface area contributed by atoms with Gasteiger partial charge in [0.1, 0.15) is 0 Å². The van der Waals surface area contributed by atoms with Crippen molar-refractivity contribution in [1.29, 1.82) is 0 Å². The van der Waals surface area contributed by atoms with E-state index in [9.17, 15) is 14.4 Å². The van der Waals surface area contributed by atoms with E-state index in [2.05, 4.69) is 13.8 Å². The predicted molar refractivity (Wildman–Crippen MR) is 83.9 cm³/mol. The summed E-state index contributed by atoms with van der Waals surface area (Å²) >= 11 is 0. The Balaban J connectivity index is 2.44. The zero-order valence-electron chi connectivity index (χ0n) is 13.7. The lowest BCUT2D eigenvalue weighted by atomic mass is 9.50. The molecule has 0 spiro atoms. The molecule has 0 aromatic carbocycles. The highest BCUT2D eigenvalue weighted by Crippen LogP contribution is 2.68. The molecule has 0 saturated heterocycles. The van der Waals surface area contributed by atoms with Gasteiger partial charge in [0.15, 0.2) is 0 Å². The maximum absolute atomic E-state index is 11.5. The minimum Gasteiger partial charge on any atom is -0.303 e. The summed E-state index contributed by atoms with van der Waals surface area (Å²) in [6.07, 6.45) is 10.9. The summed E-state index contributed by atoms with van der Waals surface area (Å²) in [7, 11) is -4.46. The van der Waals surface area contributed by atoms with Crippen molar-refractivity contribution in [3.8, 4) is 0 Å². The fourth-order valence-corrected chi connectivity index (χ4v) is 6.57. The highest BCUT2D eigenvalue weighted by atomic mass is 31.2. The molecule has 2 atom stereocenters. The maximum atomic E-state index is 11.5. The monoisotopic (exact) mass is 318 g/mol. The largest absolute Gasteiger partial charge is 0.470 e. The quantitative estimate of drug-likeness (QED) is 0.715. The van der Waals surface area contributed by atoms with Crippen molar-refractivity contribution in [3.05, 3.63) is 0 Å². The Hall–Kier alpha value is 0.110. The number of hydrogen-bond donors (Lipinski definition) is 2. The van der Waals surface area contributed by atoms with Crippen LogP contribution in [0.3, 0.4) is 0 Å². The van der Waals surface area contributed by atoms with Crippen molar-refractivity contribution in [2.24, 2.45) is 10.8 Å². The second-order valence-electron chi connectivity index (χ2n) is 7.30. The lowest BCUT2D eigenvalue weighted by Gasteiger charge is -2.57.